The van der Waals surface area contributed by atoms with Gasteiger partial charge in [-0.2, -0.15) is 0 Å². The van der Waals surface area contributed by atoms with E-state index < -0.39 is 0 Å². The third-order valence-electron chi connectivity index (χ3n) is 4.13. The molecule has 0 unspecified atom stereocenters. The van der Waals surface area contributed by atoms with Gasteiger partial charge < -0.3 is 10.6 Å². The predicted octanol–water partition coefficient (Wildman–Crippen LogP) is 2.10. The molecule has 0 aromatic carbocycles. The molecule has 1 aliphatic rings. The Balaban J connectivity index is 2.00. The molecule has 5 nitrogen and oxygen atoms in total. The van der Waals surface area contributed by atoms with Gasteiger partial charge in [-0.05, 0) is 31.6 Å². The number of carbonyl (C=O) groups excluding carboxylic acids is 1. The molecule has 1 amide bonds. The SMILES string of the molecule is CCC1CCC(N(C)C(=O)c2cncc(N)n2)CC1. The van der Waals surface area contributed by atoms with Crippen molar-refractivity contribution in [2.45, 2.75) is 45.1 Å². The van der Waals surface area contributed by atoms with Gasteiger partial charge in [0.15, 0.2) is 0 Å². The monoisotopic (exact) mass is 262 g/mol. The lowest BCUT2D eigenvalue weighted by molar-refractivity contribution is 0.0668. The Hall–Kier alpha value is -1.65. The predicted molar refractivity (Wildman–Crippen MR) is 74.6 cm³/mol. The van der Waals surface area contributed by atoms with Gasteiger partial charge in [0.05, 0.1) is 12.4 Å². The maximum Gasteiger partial charge on any atom is 0.274 e. The van der Waals surface area contributed by atoms with Crippen molar-refractivity contribution in [3.8, 4) is 0 Å². The first-order valence-corrected chi connectivity index (χ1v) is 6.96. The maximum atomic E-state index is 12.3. The molecule has 2 N–H and O–H groups in total. The molecule has 1 saturated carbocycles. The van der Waals surface area contributed by atoms with Crippen LogP contribution in [0.2, 0.25) is 0 Å². The summed E-state index contributed by atoms with van der Waals surface area (Å²) in [6, 6.07) is 0.318. The van der Waals surface area contributed by atoms with Gasteiger partial charge in [-0.15, -0.1) is 0 Å². The summed E-state index contributed by atoms with van der Waals surface area (Å²) in [6.45, 7) is 2.24. The third kappa shape index (κ3) is 3.22. The Morgan fingerprint density at radius 3 is 2.63 bits per heavy atom. The van der Waals surface area contributed by atoms with Crippen LogP contribution in [0.15, 0.2) is 12.4 Å². The molecule has 1 aliphatic carbocycles. The number of hydrogen-bond donors (Lipinski definition) is 1. The molecule has 1 heterocycles. The molecule has 0 atom stereocenters. The summed E-state index contributed by atoms with van der Waals surface area (Å²) < 4.78 is 0. The summed E-state index contributed by atoms with van der Waals surface area (Å²) in [4.78, 5) is 22.1. The number of rotatable bonds is 3. The van der Waals surface area contributed by atoms with E-state index in [9.17, 15) is 4.79 Å². The fourth-order valence-corrected chi connectivity index (χ4v) is 2.77. The fourth-order valence-electron chi connectivity index (χ4n) is 2.77. The van der Waals surface area contributed by atoms with Crippen molar-refractivity contribution in [3.05, 3.63) is 18.1 Å². The molecule has 0 aliphatic heterocycles. The van der Waals surface area contributed by atoms with E-state index in [1.54, 1.807) is 4.90 Å². The summed E-state index contributed by atoms with van der Waals surface area (Å²) >= 11 is 0. The summed E-state index contributed by atoms with van der Waals surface area (Å²) in [5.41, 5.74) is 5.90. The first-order chi connectivity index (χ1) is 9.11. The van der Waals surface area contributed by atoms with E-state index in [4.69, 9.17) is 5.73 Å². The van der Waals surface area contributed by atoms with Crippen molar-refractivity contribution in [1.82, 2.24) is 14.9 Å². The van der Waals surface area contributed by atoms with Crippen LogP contribution in [0.4, 0.5) is 5.82 Å². The molecule has 0 radical (unpaired) electrons. The lowest BCUT2D eigenvalue weighted by Gasteiger charge is -2.34. The van der Waals surface area contributed by atoms with Gasteiger partial charge in [0, 0.05) is 13.1 Å². The topological polar surface area (TPSA) is 72.1 Å². The lowest BCUT2D eigenvalue weighted by Crippen LogP contribution is -2.39. The number of nitrogens with zero attached hydrogens (tertiary/aromatic N) is 3. The second kappa shape index (κ2) is 5.99. The quantitative estimate of drug-likeness (QED) is 0.905. The van der Waals surface area contributed by atoms with Gasteiger partial charge in [0.25, 0.3) is 5.91 Å². The number of amides is 1. The summed E-state index contributed by atoms with van der Waals surface area (Å²) in [6.07, 6.45) is 8.75. The van der Waals surface area contributed by atoms with Gasteiger partial charge in [-0.3, -0.25) is 9.78 Å². The zero-order valence-corrected chi connectivity index (χ0v) is 11.7. The van der Waals surface area contributed by atoms with E-state index in [0.717, 1.165) is 18.8 Å². The van der Waals surface area contributed by atoms with Crippen molar-refractivity contribution in [2.75, 3.05) is 12.8 Å². The van der Waals surface area contributed by atoms with Gasteiger partial charge in [-0.1, -0.05) is 13.3 Å². The van der Waals surface area contributed by atoms with E-state index in [0.29, 0.717) is 11.7 Å². The Morgan fingerprint density at radius 2 is 2.05 bits per heavy atom. The summed E-state index contributed by atoms with van der Waals surface area (Å²) in [5.74, 6) is 1.03. The highest BCUT2D eigenvalue weighted by Gasteiger charge is 2.27. The van der Waals surface area contributed by atoms with Crippen LogP contribution in [-0.2, 0) is 0 Å². The minimum Gasteiger partial charge on any atom is -0.382 e. The molecular weight excluding hydrogens is 240 g/mol. The Kier molecular flexibility index (Phi) is 4.35. The molecule has 2 rings (SSSR count). The van der Waals surface area contributed by atoms with Crippen molar-refractivity contribution >= 4 is 11.7 Å². The van der Waals surface area contributed by atoms with Gasteiger partial charge in [0.1, 0.15) is 11.5 Å². The molecule has 104 valence electrons. The van der Waals surface area contributed by atoms with Crippen molar-refractivity contribution in [2.24, 2.45) is 5.92 Å². The molecule has 1 aromatic heterocycles. The number of anilines is 1. The average molecular weight is 262 g/mol. The molecule has 19 heavy (non-hydrogen) atoms. The summed E-state index contributed by atoms with van der Waals surface area (Å²) in [5, 5.41) is 0. The zero-order valence-electron chi connectivity index (χ0n) is 11.7. The highest BCUT2D eigenvalue weighted by molar-refractivity contribution is 5.92. The zero-order chi connectivity index (χ0) is 13.8. The van der Waals surface area contributed by atoms with Crippen molar-refractivity contribution < 1.29 is 4.79 Å². The van der Waals surface area contributed by atoms with Gasteiger partial charge in [-0.25, -0.2) is 4.98 Å². The standard InChI is InChI=1S/C14H22N4O/c1-3-10-4-6-11(7-5-10)18(2)14(19)12-8-16-9-13(15)17-12/h8-11H,3-7H2,1-2H3,(H2,15,17). The van der Waals surface area contributed by atoms with Gasteiger partial charge >= 0.3 is 0 Å². The van der Waals surface area contributed by atoms with Crippen molar-refractivity contribution in [3.63, 3.8) is 0 Å². The smallest absolute Gasteiger partial charge is 0.274 e. The first kappa shape index (κ1) is 13.8. The fraction of sp³-hybridized carbons (Fsp3) is 0.643. The number of hydrogen-bond acceptors (Lipinski definition) is 4. The maximum absolute atomic E-state index is 12.3. The number of nitrogen functional groups attached to an aromatic ring is 1. The molecule has 0 saturated heterocycles. The summed E-state index contributed by atoms with van der Waals surface area (Å²) in [7, 11) is 1.85. The van der Waals surface area contributed by atoms with Crippen LogP contribution in [0.1, 0.15) is 49.5 Å². The molecule has 0 bridgehead atoms. The molecule has 0 spiro atoms. The van der Waals surface area contributed by atoms with Gasteiger partial charge in [0.2, 0.25) is 0 Å². The van der Waals surface area contributed by atoms with Crippen LogP contribution in [0, 0.1) is 5.92 Å². The number of nitrogens with two attached hydrogens (primary N) is 1. The van der Waals surface area contributed by atoms with Crippen LogP contribution in [0.3, 0.4) is 0 Å². The van der Waals surface area contributed by atoms with E-state index in [1.807, 2.05) is 7.05 Å². The molecular formula is C14H22N4O. The van der Waals surface area contributed by atoms with E-state index in [-0.39, 0.29) is 11.7 Å². The minimum absolute atomic E-state index is 0.0836. The Bertz CT molecular complexity index is 441. The van der Waals surface area contributed by atoms with Crippen LogP contribution >= 0.6 is 0 Å². The molecule has 5 heteroatoms. The number of aromatic nitrogens is 2. The molecule has 1 fully saturated rings. The normalized spacial score (nSPS) is 23.1. The van der Waals surface area contributed by atoms with Crippen LogP contribution in [0.25, 0.3) is 0 Å². The Labute approximate surface area is 114 Å². The largest absolute Gasteiger partial charge is 0.382 e. The number of carbonyl (C=O) groups is 1. The van der Waals surface area contributed by atoms with E-state index in [1.165, 1.54) is 31.7 Å². The lowest BCUT2D eigenvalue weighted by atomic mass is 9.84. The highest BCUT2D eigenvalue weighted by atomic mass is 16.2. The van der Waals surface area contributed by atoms with Crippen molar-refractivity contribution in [1.29, 1.82) is 0 Å². The first-order valence-electron chi connectivity index (χ1n) is 6.96. The van der Waals surface area contributed by atoms with Crippen LogP contribution in [0.5, 0.6) is 0 Å². The van der Waals surface area contributed by atoms with E-state index >= 15 is 0 Å². The third-order valence-corrected chi connectivity index (χ3v) is 4.13. The average Bonchev–Trinajstić information content (AvgIpc) is 2.46. The Morgan fingerprint density at radius 1 is 1.37 bits per heavy atom. The van der Waals surface area contributed by atoms with Crippen LogP contribution in [-0.4, -0.2) is 33.9 Å². The second-order valence-corrected chi connectivity index (χ2v) is 5.33. The van der Waals surface area contributed by atoms with Crippen LogP contribution < -0.4 is 5.73 Å². The second-order valence-electron chi connectivity index (χ2n) is 5.33. The van der Waals surface area contributed by atoms with E-state index in [2.05, 4.69) is 16.9 Å². The minimum atomic E-state index is -0.0836. The highest BCUT2D eigenvalue weighted by Crippen LogP contribution is 2.29. The molecule has 1 aromatic rings.